The predicted octanol–water partition coefficient (Wildman–Crippen LogP) is 6.68. The molecule has 0 unspecified atom stereocenters. The lowest BCUT2D eigenvalue weighted by Crippen LogP contribution is -2.49. The van der Waals surface area contributed by atoms with Crippen molar-refractivity contribution in [2.24, 2.45) is 0 Å². The minimum absolute atomic E-state index is 0.00830. The maximum absolute atomic E-state index is 13.4. The Balaban J connectivity index is 1.13. The van der Waals surface area contributed by atoms with Crippen molar-refractivity contribution in [1.82, 2.24) is 19.8 Å². The van der Waals surface area contributed by atoms with Gasteiger partial charge < -0.3 is 14.5 Å². The van der Waals surface area contributed by atoms with Crippen LogP contribution in [0.3, 0.4) is 0 Å². The van der Waals surface area contributed by atoms with Gasteiger partial charge in [-0.2, -0.15) is 4.98 Å². The second-order valence-corrected chi connectivity index (χ2v) is 12.0. The minimum Gasteiger partial charge on any atom is -0.444 e. The highest BCUT2D eigenvalue weighted by molar-refractivity contribution is 7.18. The number of imide groups is 1. The fourth-order valence-electron chi connectivity index (χ4n) is 5.25. The standard InChI is InChI=1S/C35H34N6O4S/c1-3-28-22-29-30(36-33(37-31(29)46-28)38-34(43)39(2)35(44)45-23-24-10-6-4-7-11-24)40-18-20-41(21-19-40)32(42)27-16-14-26(15-17-27)25-12-8-5-9-13-25/h4-17,22H,3,18-21,23H2,1-2H3,(H,36,37,38,43). The van der Waals surface area contributed by atoms with Gasteiger partial charge in [0.2, 0.25) is 5.95 Å². The Labute approximate surface area is 271 Å². The Morgan fingerprint density at radius 2 is 1.52 bits per heavy atom. The fourth-order valence-corrected chi connectivity index (χ4v) is 6.21. The molecule has 0 bridgehead atoms. The number of rotatable bonds is 7. The Hall–Kier alpha value is -5.29. The average Bonchev–Trinajstić information content (AvgIpc) is 3.54. The summed E-state index contributed by atoms with van der Waals surface area (Å²) in [7, 11) is 1.34. The van der Waals surface area contributed by atoms with Crippen LogP contribution in [0, 0.1) is 0 Å². The number of ether oxygens (including phenoxy) is 1. The first-order valence-electron chi connectivity index (χ1n) is 15.1. The molecule has 1 fully saturated rings. The lowest BCUT2D eigenvalue weighted by atomic mass is 10.0. The van der Waals surface area contributed by atoms with Crippen LogP contribution in [0.15, 0.2) is 91.0 Å². The number of piperazine rings is 1. The van der Waals surface area contributed by atoms with Crippen molar-refractivity contribution in [1.29, 1.82) is 0 Å². The number of benzene rings is 3. The summed E-state index contributed by atoms with van der Waals surface area (Å²) in [4.78, 5) is 54.9. The Morgan fingerprint density at radius 3 is 2.20 bits per heavy atom. The van der Waals surface area contributed by atoms with E-state index in [1.165, 1.54) is 7.05 Å². The second-order valence-electron chi connectivity index (χ2n) is 10.9. The first-order valence-corrected chi connectivity index (χ1v) is 16.0. The quantitative estimate of drug-likeness (QED) is 0.213. The molecule has 3 aromatic carbocycles. The molecule has 4 amide bonds. The molecule has 10 nitrogen and oxygen atoms in total. The van der Waals surface area contributed by atoms with E-state index in [1.807, 2.05) is 89.8 Å². The van der Waals surface area contributed by atoms with E-state index >= 15 is 0 Å². The number of amides is 4. The molecule has 46 heavy (non-hydrogen) atoms. The van der Waals surface area contributed by atoms with Gasteiger partial charge in [-0.3, -0.25) is 10.1 Å². The molecule has 0 spiro atoms. The summed E-state index contributed by atoms with van der Waals surface area (Å²) in [5, 5.41) is 3.56. The number of aromatic nitrogens is 2. The van der Waals surface area contributed by atoms with Crippen molar-refractivity contribution in [3.63, 3.8) is 0 Å². The van der Waals surface area contributed by atoms with Crippen molar-refractivity contribution in [2.45, 2.75) is 20.0 Å². The van der Waals surface area contributed by atoms with Crippen molar-refractivity contribution in [3.8, 4) is 11.1 Å². The topological polar surface area (TPSA) is 108 Å². The Morgan fingerprint density at radius 1 is 0.870 bits per heavy atom. The van der Waals surface area contributed by atoms with Gasteiger partial charge in [0.25, 0.3) is 5.91 Å². The summed E-state index contributed by atoms with van der Waals surface area (Å²) in [5.41, 5.74) is 3.64. The van der Waals surface area contributed by atoms with E-state index < -0.39 is 12.1 Å². The molecule has 5 aromatic rings. The van der Waals surface area contributed by atoms with E-state index in [0.29, 0.717) is 37.6 Å². The molecule has 1 N–H and O–H groups in total. The third-order valence-corrected chi connectivity index (χ3v) is 9.05. The van der Waals surface area contributed by atoms with Crippen LogP contribution in [0.2, 0.25) is 0 Å². The van der Waals surface area contributed by atoms with Gasteiger partial charge in [-0.1, -0.05) is 79.7 Å². The molecule has 0 atom stereocenters. The number of carbonyl (C=O) groups is 3. The van der Waals surface area contributed by atoms with Crippen LogP contribution >= 0.6 is 11.3 Å². The SMILES string of the molecule is CCc1cc2c(N3CCN(C(=O)c4ccc(-c5ccccc5)cc4)CC3)nc(NC(=O)N(C)C(=O)OCc3ccccc3)nc2s1. The lowest BCUT2D eigenvalue weighted by Gasteiger charge is -2.35. The molecule has 0 aliphatic carbocycles. The summed E-state index contributed by atoms with van der Waals surface area (Å²) in [6.45, 7) is 4.30. The van der Waals surface area contributed by atoms with Crippen LogP contribution in [0.5, 0.6) is 0 Å². The first kappa shape index (κ1) is 30.7. The molecule has 234 valence electrons. The highest BCUT2D eigenvalue weighted by Crippen LogP contribution is 2.33. The van der Waals surface area contributed by atoms with Gasteiger partial charge in [0, 0.05) is 43.7 Å². The maximum Gasteiger partial charge on any atom is 0.418 e. The van der Waals surface area contributed by atoms with E-state index in [-0.39, 0.29) is 18.5 Å². The summed E-state index contributed by atoms with van der Waals surface area (Å²) in [5.74, 6) is 0.771. The summed E-state index contributed by atoms with van der Waals surface area (Å²) in [6, 6.07) is 28.4. The predicted molar refractivity (Wildman–Crippen MR) is 180 cm³/mol. The van der Waals surface area contributed by atoms with Crippen LogP contribution in [0.4, 0.5) is 21.4 Å². The zero-order valence-corrected chi connectivity index (χ0v) is 26.5. The number of urea groups is 1. The molecular weight excluding hydrogens is 600 g/mol. The maximum atomic E-state index is 13.4. The molecule has 0 saturated carbocycles. The van der Waals surface area contributed by atoms with Gasteiger partial charge in [0.1, 0.15) is 17.3 Å². The van der Waals surface area contributed by atoms with E-state index in [0.717, 1.165) is 43.1 Å². The first-order chi connectivity index (χ1) is 22.4. The molecule has 3 heterocycles. The van der Waals surface area contributed by atoms with Crippen LogP contribution < -0.4 is 10.2 Å². The van der Waals surface area contributed by atoms with E-state index in [1.54, 1.807) is 11.3 Å². The van der Waals surface area contributed by atoms with Crippen molar-refractivity contribution < 1.29 is 19.1 Å². The summed E-state index contributed by atoms with van der Waals surface area (Å²) >= 11 is 1.54. The monoisotopic (exact) mass is 634 g/mol. The van der Waals surface area contributed by atoms with Gasteiger partial charge in [0.15, 0.2) is 0 Å². The Kier molecular flexibility index (Phi) is 9.20. The van der Waals surface area contributed by atoms with Gasteiger partial charge in [-0.05, 0) is 41.3 Å². The number of carbonyl (C=O) groups excluding carboxylic acids is 3. The molecule has 1 saturated heterocycles. The van der Waals surface area contributed by atoms with Crippen LogP contribution in [-0.4, -0.2) is 71.0 Å². The summed E-state index contributed by atoms with van der Waals surface area (Å²) < 4.78 is 5.29. The molecule has 6 rings (SSSR count). The lowest BCUT2D eigenvalue weighted by molar-refractivity contribution is 0.0746. The number of nitrogens with one attached hydrogen (secondary N) is 1. The van der Waals surface area contributed by atoms with Gasteiger partial charge in [-0.25, -0.2) is 19.5 Å². The second kappa shape index (κ2) is 13.8. The zero-order chi connectivity index (χ0) is 32.0. The minimum atomic E-state index is -0.789. The Bertz CT molecular complexity index is 1840. The molecule has 1 aliphatic rings. The zero-order valence-electron chi connectivity index (χ0n) is 25.7. The van der Waals surface area contributed by atoms with Crippen molar-refractivity contribution >= 4 is 51.4 Å². The average molecular weight is 635 g/mol. The molecular formula is C35H34N6O4S. The van der Waals surface area contributed by atoms with E-state index in [2.05, 4.69) is 28.2 Å². The number of anilines is 2. The van der Waals surface area contributed by atoms with E-state index in [9.17, 15) is 14.4 Å². The van der Waals surface area contributed by atoms with Gasteiger partial charge in [0.05, 0.1) is 5.39 Å². The highest BCUT2D eigenvalue weighted by Gasteiger charge is 2.26. The normalized spacial score (nSPS) is 13.0. The third kappa shape index (κ3) is 6.84. The number of hydrogen-bond acceptors (Lipinski definition) is 8. The highest BCUT2D eigenvalue weighted by atomic mass is 32.1. The fraction of sp³-hybridized carbons (Fsp3) is 0.229. The van der Waals surface area contributed by atoms with E-state index in [4.69, 9.17) is 9.72 Å². The molecule has 0 radical (unpaired) electrons. The largest absolute Gasteiger partial charge is 0.444 e. The van der Waals surface area contributed by atoms with Crippen LogP contribution in [0.1, 0.15) is 27.7 Å². The van der Waals surface area contributed by atoms with Gasteiger partial charge in [-0.15, -0.1) is 11.3 Å². The number of hydrogen-bond donors (Lipinski definition) is 1. The summed E-state index contributed by atoms with van der Waals surface area (Å²) in [6.07, 6.45) is 0.0475. The van der Waals surface area contributed by atoms with Crippen molar-refractivity contribution in [2.75, 3.05) is 43.4 Å². The van der Waals surface area contributed by atoms with Crippen LogP contribution in [-0.2, 0) is 17.8 Å². The number of aryl methyl sites for hydroxylation is 1. The van der Waals surface area contributed by atoms with Crippen LogP contribution in [0.25, 0.3) is 21.3 Å². The third-order valence-electron chi connectivity index (χ3n) is 7.88. The number of fused-ring (bicyclic) bond motifs is 1. The number of nitrogens with zero attached hydrogens (tertiary/aromatic N) is 5. The molecule has 2 aromatic heterocycles. The van der Waals surface area contributed by atoms with Gasteiger partial charge >= 0.3 is 12.1 Å². The van der Waals surface area contributed by atoms with Crippen molar-refractivity contribution in [3.05, 3.63) is 107 Å². The number of thiophene rings is 1. The molecule has 11 heteroatoms. The smallest absolute Gasteiger partial charge is 0.418 e. The molecule has 1 aliphatic heterocycles.